The van der Waals surface area contributed by atoms with Crippen molar-refractivity contribution in [3.05, 3.63) is 29.6 Å². The fourth-order valence-corrected chi connectivity index (χ4v) is 2.17. The van der Waals surface area contributed by atoms with Crippen LogP contribution in [-0.4, -0.2) is 23.8 Å². The first-order valence-corrected chi connectivity index (χ1v) is 6.03. The van der Waals surface area contributed by atoms with Crippen molar-refractivity contribution in [2.75, 3.05) is 18.0 Å². The number of alkyl halides is 3. The molecule has 0 amide bonds. The minimum absolute atomic E-state index is 0.156. The van der Waals surface area contributed by atoms with Gasteiger partial charge in [-0.1, -0.05) is 0 Å². The van der Waals surface area contributed by atoms with Gasteiger partial charge in [0.1, 0.15) is 5.82 Å². The van der Waals surface area contributed by atoms with Crippen molar-refractivity contribution in [3.63, 3.8) is 0 Å². The van der Waals surface area contributed by atoms with E-state index >= 15 is 0 Å². The maximum Gasteiger partial charge on any atom is 0.416 e. The summed E-state index contributed by atoms with van der Waals surface area (Å²) in [7, 11) is 0. The molecule has 0 aromatic heterocycles. The van der Waals surface area contributed by atoms with Gasteiger partial charge in [0.25, 0.3) is 0 Å². The Balaban J connectivity index is 2.19. The predicted octanol–water partition coefficient (Wildman–Crippen LogP) is 3.20. The molecule has 2 nitrogen and oxygen atoms in total. The van der Waals surface area contributed by atoms with Gasteiger partial charge < -0.3 is 10.0 Å². The van der Waals surface area contributed by atoms with E-state index in [1.54, 1.807) is 11.8 Å². The molecule has 1 aromatic rings. The maximum atomic E-state index is 13.8. The molecule has 0 spiro atoms. The molecule has 0 radical (unpaired) electrons. The summed E-state index contributed by atoms with van der Waals surface area (Å²) in [4.78, 5) is 1.66. The van der Waals surface area contributed by atoms with Gasteiger partial charge in [0.05, 0.1) is 16.9 Å². The molecule has 0 unspecified atom stereocenters. The van der Waals surface area contributed by atoms with Crippen molar-refractivity contribution >= 4 is 5.69 Å². The molecule has 0 atom stereocenters. The van der Waals surface area contributed by atoms with Crippen molar-refractivity contribution in [3.8, 4) is 0 Å². The zero-order chi connectivity index (χ0) is 14.3. The van der Waals surface area contributed by atoms with Crippen LogP contribution in [-0.2, 0) is 6.18 Å². The van der Waals surface area contributed by atoms with Crippen molar-refractivity contribution in [2.24, 2.45) is 0 Å². The van der Waals surface area contributed by atoms with Gasteiger partial charge in [0.15, 0.2) is 0 Å². The van der Waals surface area contributed by atoms with Gasteiger partial charge >= 0.3 is 6.18 Å². The van der Waals surface area contributed by atoms with E-state index in [1.165, 1.54) is 0 Å². The lowest BCUT2D eigenvalue weighted by Crippen LogP contribution is -2.42. The van der Waals surface area contributed by atoms with E-state index in [1.807, 2.05) is 0 Å². The molecular weight excluding hydrogens is 262 g/mol. The van der Waals surface area contributed by atoms with E-state index < -0.39 is 23.2 Å². The van der Waals surface area contributed by atoms with Gasteiger partial charge in [-0.3, -0.25) is 0 Å². The molecule has 1 aliphatic heterocycles. The average Bonchev–Trinajstić information content (AvgIpc) is 2.28. The summed E-state index contributed by atoms with van der Waals surface area (Å²) in [5.41, 5.74) is -1.61. The predicted molar refractivity (Wildman–Crippen MR) is 63.5 cm³/mol. The summed E-state index contributed by atoms with van der Waals surface area (Å²) in [5, 5.41) is 9.79. The number of nitrogens with zero attached hydrogens (tertiary/aromatic N) is 1. The molecular formula is C13H15F4NO. The van der Waals surface area contributed by atoms with Crippen LogP contribution in [0.2, 0.25) is 0 Å². The minimum atomic E-state index is -4.54. The second kappa shape index (κ2) is 4.67. The van der Waals surface area contributed by atoms with Gasteiger partial charge in [-0.2, -0.15) is 13.2 Å². The first kappa shape index (κ1) is 14.1. The van der Waals surface area contributed by atoms with Gasteiger partial charge in [0.2, 0.25) is 0 Å². The van der Waals surface area contributed by atoms with Crippen LogP contribution in [0.4, 0.5) is 23.2 Å². The first-order chi connectivity index (χ1) is 8.69. The molecule has 1 aliphatic rings. The number of benzene rings is 1. The normalized spacial score (nSPS) is 19.6. The van der Waals surface area contributed by atoms with E-state index in [4.69, 9.17) is 0 Å². The van der Waals surface area contributed by atoms with Crippen LogP contribution in [0, 0.1) is 5.82 Å². The second-order valence-corrected chi connectivity index (χ2v) is 5.15. The van der Waals surface area contributed by atoms with E-state index in [2.05, 4.69) is 0 Å². The summed E-state index contributed by atoms with van der Waals surface area (Å²) >= 11 is 0. The summed E-state index contributed by atoms with van der Waals surface area (Å²) in [6, 6.07) is 2.55. The molecule has 0 bridgehead atoms. The van der Waals surface area contributed by atoms with Crippen molar-refractivity contribution in [2.45, 2.75) is 31.5 Å². The third-order valence-electron chi connectivity index (χ3n) is 3.46. The fraction of sp³-hybridized carbons (Fsp3) is 0.538. The Morgan fingerprint density at radius 3 is 2.26 bits per heavy atom. The molecule has 1 aromatic carbocycles. The zero-order valence-corrected chi connectivity index (χ0v) is 10.5. The van der Waals surface area contributed by atoms with Crippen LogP contribution in [0.3, 0.4) is 0 Å². The van der Waals surface area contributed by atoms with Crippen LogP contribution in [0.25, 0.3) is 0 Å². The molecule has 0 aliphatic carbocycles. The highest BCUT2D eigenvalue weighted by molar-refractivity contribution is 5.50. The first-order valence-electron chi connectivity index (χ1n) is 6.03. The Kier molecular flexibility index (Phi) is 3.47. The summed E-state index contributed by atoms with van der Waals surface area (Å²) in [5.74, 6) is -0.878. The molecule has 19 heavy (non-hydrogen) atoms. The largest absolute Gasteiger partial charge is 0.416 e. The van der Waals surface area contributed by atoms with Crippen LogP contribution in [0.15, 0.2) is 18.2 Å². The quantitative estimate of drug-likeness (QED) is 0.797. The lowest BCUT2D eigenvalue weighted by molar-refractivity contribution is -0.137. The smallest absolute Gasteiger partial charge is 0.390 e. The monoisotopic (exact) mass is 277 g/mol. The summed E-state index contributed by atoms with van der Waals surface area (Å²) in [6.07, 6.45) is -3.61. The average molecular weight is 277 g/mol. The second-order valence-electron chi connectivity index (χ2n) is 5.15. The molecule has 106 valence electrons. The highest BCUT2D eigenvalue weighted by Crippen LogP contribution is 2.33. The number of rotatable bonds is 1. The van der Waals surface area contributed by atoms with Crippen LogP contribution in [0.1, 0.15) is 25.3 Å². The number of aliphatic hydroxyl groups is 1. The molecule has 1 N–H and O–H groups in total. The molecule has 1 saturated heterocycles. The van der Waals surface area contributed by atoms with Crippen molar-refractivity contribution < 1.29 is 22.7 Å². The zero-order valence-electron chi connectivity index (χ0n) is 10.5. The van der Waals surface area contributed by atoms with Crippen molar-refractivity contribution in [1.29, 1.82) is 0 Å². The standard InChI is InChI=1S/C13H15F4NO/c1-12(19)4-6-18(7-5-12)11-3-2-9(8-10(11)14)13(15,16)17/h2-3,8,19H,4-7H2,1H3. The Labute approximate surface area is 108 Å². The summed E-state index contributed by atoms with van der Waals surface area (Å²) in [6.45, 7) is 2.55. The topological polar surface area (TPSA) is 23.5 Å². The minimum Gasteiger partial charge on any atom is -0.390 e. The van der Waals surface area contributed by atoms with Crippen LogP contribution in [0.5, 0.6) is 0 Å². The highest BCUT2D eigenvalue weighted by atomic mass is 19.4. The lowest BCUT2D eigenvalue weighted by Gasteiger charge is -2.37. The molecule has 0 saturated carbocycles. The van der Waals surface area contributed by atoms with E-state index in [9.17, 15) is 22.7 Å². The van der Waals surface area contributed by atoms with Crippen LogP contribution >= 0.6 is 0 Å². The Bertz CT molecular complexity index is 460. The van der Waals surface area contributed by atoms with Crippen molar-refractivity contribution in [1.82, 2.24) is 0 Å². The van der Waals surface area contributed by atoms with E-state index in [0.717, 1.165) is 12.1 Å². The van der Waals surface area contributed by atoms with E-state index in [0.29, 0.717) is 32.0 Å². The molecule has 2 rings (SSSR count). The van der Waals surface area contributed by atoms with Gasteiger partial charge in [-0.05, 0) is 38.0 Å². The molecule has 1 fully saturated rings. The number of anilines is 1. The lowest BCUT2D eigenvalue weighted by atomic mass is 9.93. The summed E-state index contributed by atoms with van der Waals surface area (Å²) < 4.78 is 51.0. The van der Waals surface area contributed by atoms with Gasteiger partial charge in [-0.15, -0.1) is 0 Å². The Morgan fingerprint density at radius 2 is 1.79 bits per heavy atom. The number of hydrogen-bond donors (Lipinski definition) is 1. The SMILES string of the molecule is CC1(O)CCN(c2ccc(C(F)(F)F)cc2F)CC1. The Hall–Kier alpha value is -1.30. The number of hydrogen-bond acceptors (Lipinski definition) is 2. The van der Waals surface area contributed by atoms with Crippen LogP contribution < -0.4 is 4.90 Å². The van der Waals surface area contributed by atoms with E-state index in [-0.39, 0.29) is 5.69 Å². The van der Waals surface area contributed by atoms with Gasteiger partial charge in [0, 0.05) is 13.1 Å². The number of piperidine rings is 1. The number of halogens is 4. The van der Waals surface area contributed by atoms with Gasteiger partial charge in [-0.25, -0.2) is 4.39 Å². The maximum absolute atomic E-state index is 13.8. The highest BCUT2D eigenvalue weighted by Gasteiger charge is 2.33. The Morgan fingerprint density at radius 1 is 1.21 bits per heavy atom. The third-order valence-corrected chi connectivity index (χ3v) is 3.46. The molecule has 1 heterocycles. The third kappa shape index (κ3) is 3.18. The fourth-order valence-electron chi connectivity index (χ4n) is 2.17. The molecule has 6 heteroatoms.